The number of carbonyl (C=O) groups excluding carboxylic acids is 1. The number of nitrogens with zero attached hydrogens (tertiary/aromatic N) is 1. The highest BCUT2D eigenvalue weighted by molar-refractivity contribution is 5.80. The number of carboxylic acids is 1. The molecule has 1 heterocycles. The SMILES string of the molecule is Cc1ccc(CC(=O)N2CC(C(C)C(=O)O)C2)cc1. The number of hydrogen-bond donors (Lipinski definition) is 1. The Balaban J connectivity index is 1.83. The van der Waals surface area contributed by atoms with Crippen molar-refractivity contribution in [1.82, 2.24) is 4.90 Å². The second-order valence-electron chi connectivity index (χ2n) is 5.35. The molecule has 0 bridgehead atoms. The van der Waals surface area contributed by atoms with Crippen molar-refractivity contribution in [2.24, 2.45) is 11.8 Å². The van der Waals surface area contributed by atoms with Crippen LogP contribution in [0.3, 0.4) is 0 Å². The molecule has 4 heteroatoms. The third-order valence-electron chi connectivity index (χ3n) is 3.84. The molecule has 1 saturated heterocycles. The van der Waals surface area contributed by atoms with Gasteiger partial charge in [0.05, 0.1) is 12.3 Å². The quantitative estimate of drug-likeness (QED) is 0.897. The summed E-state index contributed by atoms with van der Waals surface area (Å²) in [5, 5.41) is 8.90. The number of carbonyl (C=O) groups is 2. The van der Waals surface area contributed by atoms with E-state index in [4.69, 9.17) is 5.11 Å². The number of hydrogen-bond acceptors (Lipinski definition) is 2. The van der Waals surface area contributed by atoms with E-state index in [0.29, 0.717) is 19.5 Å². The van der Waals surface area contributed by atoms with Crippen LogP contribution in [0.25, 0.3) is 0 Å². The minimum Gasteiger partial charge on any atom is -0.481 e. The summed E-state index contributed by atoms with van der Waals surface area (Å²) in [6.07, 6.45) is 0.397. The highest BCUT2D eigenvalue weighted by Crippen LogP contribution is 2.24. The molecule has 0 aromatic heterocycles. The third-order valence-corrected chi connectivity index (χ3v) is 3.84. The Morgan fingerprint density at radius 1 is 1.32 bits per heavy atom. The Hall–Kier alpha value is -1.84. The first kappa shape index (κ1) is 13.6. The topological polar surface area (TPSA) is 57.6 Å². The van der Waals surface area contributed by atoms with E-state index in [2.05, 4.69) is 0 Å². The molecule has 0 aliphatic carbocycles. The van der Waals surface area contributed by atoms with Crippen molar-refractivity contribution in [1.29, 1.82) is 0 Å². The van der Waals surface area contributed by atoms with E-state index in [1.54, 1.807) is 11.8 Å². The maximum atomic E-state index is 12.0. The van der Waals surface area contributed by atoms with Crippen molar-refractivity contribution >= 4 is 11.9 Å². The zero-order chi connectivity index (χ0) is 14.0. The average molecular weight is 261 g/mol. The predicted octanol–water partition coefficient (Wildman–Crippen LogP) is 1.72. The number of rotatable bonds is 4. The fraction of sp³-hybridized carbons (Fsp3) is 0.467. The van der Waals surface area contributed by atoms with E-state index < -0.39 is 5.97 Å². The summed E-state index contributed by atoms with van der Waals surface area (Å²) in [5.74, 6) is -0.976. The Morgan fingerprint density at radius 3 is 2.42 bits per heavy atom. The van der Waals surface area contributed by atoms with E-state index in [9.17, 15) is 9.59 Å². The van der Waals surface area contributed by atoms with Crippen LogP contribution in [0.15, 0.2) is 24.3 Å². The van der Waals surface area contributed by atoms with Crippen LogP contribution in [-0.2, 0) is 16.0 Å². The maximum Gasteiger partial charge on any atom is 0.306 e. The molecule has 102 valence electrons. The summed E-state index contributed by atoms with van der Waals surface area (Å²) in [6, 6.07) is 7.91. The van der Waals surface area contributed by atoms with Crippen LogP contribution in [0.4, 0.5) is 0 Å². The van der Waals surface area contributed by atoms with Crippen LogP contribution in [0.2, 0.25) is 0 Å². The zero-order valence-corrected chi connectivity index (χ0v) is 11.3. The monoisotopic (exact) mass is 261 g/mol. The van der Waals surface area contributed by atoms with Crippen LogP contribution in [-0.4, -0.2) is 35.0 Å². The first-order valence-electron chi connectivity index (χ1n) is 6.53. The molecule has 19 heavy (non-hydrogen) atoms. The molecule has 1 amide bonds. The van der Waals surface area contributed by atoms with E-state index in [1.165, 1.54) is 5.56 Å². The number of aryl methyl sites for hydroxylation is 1. The molecule has 1 aliphatic heterocycles. The number of aliphatic carboxylic acids is 1. The predicted molar refractivity (Wildman–Crippen MR) is 71.8 cm³/mol. The Kier molecular flexibility index (Phi) is 3.88. The smallest absolute Gasteiger partial charge is 0.306 e. The molecule has 0 saturated carbocycles. The van der Waals surface area contributed by atoms with E-state index in [-0.39, 0.29) is 17.7 Å². The second kappa shape index (κ2) is 5.43. The highest BCUT2D eigenvalue weighted by Gasteiger charge is 2.36. The van der Waals surface area contributed by atoms with Gasteiger partial charge in [0.25, 0.3) is 0 Å². The third kappa shape index (κ3) is 3.13. The van der Waals surface area contributed by atoms with Gasteiger partial charge in [0.2, 0.25) is 5.91 Å². The number of benzene rings is 1. The minimum absolute atomic E-state index is 0.0812. The molecule has 1 aromatic carbocycles. The van der Waals surface area contributed by atoms with Gasteiger partial charge in [-0.1, -0.05) is 36.8 Å². The first-order valence-corrected chi connectivity index (χ1v) is 6.53. The Labute approximate surface area is 113 Å². The molecule has 1 aromatic rings. The molecule has 4 nitrogen and oxygen atoms in total. The van der Waals surface area contributed by atoms with Crippen LogP contribution in [0.5, 0.6) is 0 Å². The number of carboxylic acid groups (broad SMARTS) is 1. The summed E-state index contributed by atoms with van der Waals surface area (Å²) < 4.78 is 0. The lowest BCUT2D eigenvalue weighted by Crippen LogP contribution is -2.53. The van der Waals surface area contributed by atoms with Crippen molar-refractivity contribution in [2.75, 3.05) is 13.1 Å². The Bertz CT molecular complexity index is 475. The average Bonchev–Trinajstić information content (AvgIpc) is 2.30. The summed E-state index contributed by atoms with van der Waals surface area (Å²) in [5.41, 5.74) is 2.18. The van der Waals surface area contributed by atoms with Gasteiger partial charge >= 0.3 is 5.97 Å². The molecule has 1 N–H and O–H groups in total. The fourth-order valence-electron chi connectivity index (χ4n) is 2.23. The summed E-state index contributed by atoms with van der Waals surface area (Å²) in [7, 11) is 0. The van der Waals surface area contributed by atoms with Crippen molar-refractivity contribution in [3.8, 4) is 0 Å². The van der Waals surface area contributed by atoms with Gasteiger partial charge in [0.1, 0.15) is 0 Å². The number of likely N-dealkylation sites (tertiary alicyclic amines) is 1. The van der Waals surface area contributed by atoms with Gasteiger partial charge in [-0.3, -0.25) is 9.59 Å². The van der Waals surface area contributed by atoms with Gasteiger partial charge in [0, 0.05) is 19.0 Å². The Morgan fingerprint density at radius 2 is 1.89 bits per heavy atom. The molecular weight excluding hydrogens is 242 g/mol. The fourth-order valence-corrected chi connectivity index (χ4v) is 2.23. The van der Waals surface area contributed by atoms with Gasteiger partial charge in [-0.25, -0.2) is 0 Å². The molecule has 1 fully saturated rings. The lowest BCUT2D eigenvalue weighted by Gasteiger charge is -2.41. The highest BCUT2D eigenvalue weighted by atomic mass is 16.4. The van der Waals surface area contributed by atoms with Gasteiger partial charge < -0.3 is 10.0 Å². The van der Waals surface area contributed by atoms with Crippen LogP contribution >= 0.6 is 0 Å². The van der Waals surface area contributed by atoms with Crippen LogP contribution in [0.1, 0.15) is 18.1 Å². The van der Waals surface area contributed by atoms with Crippen molar-refractivity contribution in [3.05, 3.63) is 35.4 Å². The summed E-state index contributed by atoms with van der Waals surface area (Å²) >= 11 is 0. The number of amides is 1. The van der Waals surface area contributed by atoms with E-state index >= 15 is 0 Å². The molecule has 2 rings (SSSR count). The van der Waals surface area contributed by atoms with E-state index in [1.807, 2.05) is 31.2 Å². The lowest BCUT2D eigenvalue weighted by atomic mass is 9.86. The maximum absolute atomic E-state index is 12.0. The molecule has 1 atom stereocenters. The van der Waals surface area contributed by atoms with Crippen molar-refractivity contribution < 1.29 is 14.7 Å². The molecule has 0 radical (unpaired) electrons. The van der Waals surface area contributed by atoms with Crippen molar-refractivity contribution in [2.45, 2.75) is 20.3 Å². The lowest BCUT2D eigenvalue weighted by molar-refractivity contribution is -0.150. The first-order chi connectivity index (χ1) is 8.97. The zero-order valence-electron chi connectivity index (χ0n) is 11.3. The molecule has 1 unspecified atom stereocenters. The van der Waals surface area contributed by atoms with Crippen LogP contribution in [0, 0.1) is 18.8 Å². The standard InChI is InChI=1S/C15H19NO3/c1-10-3-5-12(6-4-10)7-14(17)16-8-13(9-16)11(2)15(18)19/h3-6,11,13H,7-9H2,1-2H3,(H,18,19). The summed E-state index contributed by atoms with van der Waals surface area (Å²) in [4.78, 5) is 24.6. The van der Waals surface area contributed by atoms with Crippen molar-refractivity contribution in [3.63, 3.8) is 0 Å². The molecular formula is C15H19NO3. The minimum atomic E-state index is -0.782. The van der Waals surface area contributed by atoms with Gasteiger partial charge in [-0.2, -0.15) is 0 Å². The molecule has 0 spiro atoms. The largest absolute Gasteiger partial charge is 0.481 e. The normalized spacial score (nSPS) is 16.8. The van der Waals surface area contributed by atoms with Gasteiger partial charge in [-0.05, 0) is 12.5 Å². The van der Waals surface area contributed by atoms with Gasteiger partial charge in [0.15, 0.2) is 0 Å². The van der Waals surface area contributed by atoms with Gasteiger partial charge in [-0.15, -0.1) is 0 Å². The van der Waals surface area contributed by atoms with E-state index in [0.717, 1.165) is 5.56 Å². The summed E-state index contributed by atoms with van der Waals surface area (Å²) in [6.45, 7) is 4.85. The second-order valence-corrected chi connectivity index (χ2v) is 5.35. The van der Waals surface area contributed by atoms with Crippen LogP contribution < -0.4 is 0 Å². The molecule has 1 aliphatic rings.